The molecule has 75 heavy (non-hydrogen) atoms. The number of phenolic OH excluding ortho intramolecular Hbond substituents is 1. The van der Waals surface area contributed by atoms with E-state index in [2.05, 4.69) is 40.7 Å². The zero-order chi connectivity index (χ0) is 52.7. The number of hydrogen-bond acceptors (Lipinski definition) is 14. The number of aromatic nitrogens is 4. The van der Waals surface area contributed by atoms with Gasteiger partial charge in [-0.25, -0.2) is 13.8 Å². The molecule has 0 aliphatic carbocycles. The number of phenols is 1. The smallest absolute Gasteiger partial charge is 0.319 e. The first-order valence-corrected chi connectivity index (χ1v) is 27.1. The molecule has 4 fully saturated rings. The molecule has 19 heteroatoms. The second-order valence-corrected chi connectivity index (χ2v) is 22.7. The first-order chi connectivity index (χ1) is 36.0. The standard InChI is InChI=1S/C56H66F2N10O6S/c1-31(33-14-16-34(17-15-33)50-32(2)60-30-75-50)61-53(72)44-24-40(70)28-68(44)54(73)51(56(3,4)5)63-45(71)13-6-7-20-66-21-9-11-38(66)29-74-55-64-49-42(52(65-55)67-26-36-18-19-37(27-67)62-36)25-59-48(47(49)58)41-23-39(69)22-35-10-8-12-43(57)46(35)41/h8,10,12,14-17,22-23,25,30-31,36-38,40,44,51,62,69-70H,6-7,9,11,13,18-21,24,26-29H2,1-5H3,(H,61,72)(H,63,71)/t31-,36?,37?,38-,40+,44-,51+/m0/s1. The summed E-state index contributed by atoms with van der Waals surface area (Å²) in [6.45, 7) is 12.6. The predicted octanol–water partition coefficient (Wildman–Crippen LogP) is 7.58. The lowest BCUT2D eigenvalue weighted by Gasteiger charge is -2.35. The monoisotopic (exact) mass is 1040 g/mol. The number of carbonyl (C=O) groups is 3. The number of rotatable bonds is 16. The number of ether oxygens (including phenoxy) is 1. The molecular formula is C56H66F2N10O6S. The van der Waals surface area contributed by atoms with Gasteiger partial charge in [0, 0.05) is 67.7 Å². The predicted molar refractivity (Wildman–Crippen MR) is 284 cm³/mol. The lowest BCUT2D eigenvalue weighted by molar-refractivity contribution is -0.144. The Morgan fingerprint density at radius 3 is 2.48 bits per heavy atom. The van der Waals surface area contributed by atoms with Crippen LogP contribution >= 0.6 is 11.3 Å². The highest BCUT2D eigenvalue weighted by atomic mass is 32.1. The summed E-state index contributed by atoms with van der Waals surface area (Å²) in [4.78, 5) is 67.1. The van der Waals surface area contributed by atoms with Crippen LogP contribution in [0.4, 0.5) is 14.6 Å². The van der Waals surface area contributed by atoms with E-state index < -0.39 is 41.1 Å². The average Bonchev–Trinajstić information content (AvgIpc) is 4.20. The molecule has 0 spiro atoms. The normalized spacial score (nSPS) is 21.7. The van der Waals surface area contributed by atoms with Gasteiger partial charge in [-0.15, -0.1) is 11.3 Å². The van der Waals surface area contributed by atoms with E-state index >= 15 is 8.78 Å². The SMILES string of the molecule is Cc1ncsc1-c1ccc([C@H](C)NC(=O)[C@@H]2C[C@@H](O)CN2C(=O)[C@@H](NC(=O)CCCCN2CCC[C@H]2COc2nc(N3CC4CCC(C3)N4)c3cnc(-c4cc(O)cc5cccc(F)c45)c(F)c3n2)C(C)(C)C)cc1. The number of benzene rings is 3. The Morgan fingerprint density at radius 1 is 0.973 bits per heavy atom. The van der Waals surface area contributed by atoms with Crippen LogP contribution in [-0.4, -0.2) is 133 Å². The number of halogens is 2. The number of aryl methyl sites for hydroxylation is 1. The van der Waals surface area contributed by atoms with E-state index in [0.29, 0.717) is 49.1 Å². The number of anilines is 1. The van der Waals surface area contributed by atoms with Gasteiger partial charge in [-0.05, 0) is 106 Å². The van der Waals surface area contributed by atoms with Crippen LogP contribution in [0.3, 0.4) is 0 Å². The van der Waals surface area contributed by atoms with Gasteiger partial charge in [0.15, 0.2) is 5.82 Å². The fourth-order valence-corrected chi connectivity index (χ4v) is 12.2. The molecule has 2 unspecified atom stereocenters. The van der Waals surface area contributed by atoms with Crippen LogP contribution in [0, 0.1) is 24.0 Å². The number of aliphatic hydroxyl groups is 1. The van der Waals surface area contributed by atoms with Crippen LogP contribution in [0.2, 0.25) is 0 Å². The van der Waals surface area contributed by atoms with Crippen molar-refractivity contribution in [3.05, 3.63) is 89.2 Å². The van der Waals surface area contributed by atoms with Crippen molar-refractivity contribution in [2.24, 2.45) is 5.41 Å². The molecule has 4 aliphatic heterocycles. The summed E-state index contributed by atoms with van der Waals surface area (Å²) in [7, 11) is 0. The molecule has 7 heterocycles. The van der Waals surface area contributed by atoms with Crippen LogP contribution in [0.1, 0.15) is 96.4 Å². The molecule has 0 radical (unpaired) electrons. The number of unbranched alkanes of at least 4 members (excludes halogenated alkanes) is 1. The van der Waals surface area contributed by atoms with Crippen LogP contribution in [-0.2, 0) is 14.4 Å². The minimum atomic E-state index is -0.934. The highest BCUT2D eigenvalue weighted by Crippen LogP contribution is 2.39. The van der Waals surface area contributed by atoms with E-state index in [4.69, 9.17) is 9.72 Å². The zero-order valence-electron chi connectivity index (χ0n) is 43.1. The van der Waals surface area contributed by atoms with Gasteiger partial charge in [0.1, 0.15) is 47.3 Å². The minimum Gasteiger partial charge on any atom is -0.508 e. The third-order valence-corrected chi connectivity index (χ3v) is 16.4. The molecule has 396 valence electrons. The van der Waals surface area contributed by atoms with Crippen LogP contribution in [0.25, 0.3) is 43.4 Å². The van der Waals surface area contributed by atoms with E-state index in [1.165, 1.54) is 35.4 Å². The molecule has 16 nitrogen and oxygen atoms in total. The summed E-state index contributed by atoms with van der Waals surface area (Å²) >= 11 is 1.57. The van der Waals surface area contributed by atoms with Crippen molar-refractivity contribution in [1.82, 2.24) is 45.7 Å². The molecule has 5 N–H and O–H groups in total. The molecule has 2 bridgehead atoms. The number of nitrogens with zero attached hydrogens (tertiary/aromatic N) is 7. The lowest BCUT2D eigenvalue weighted by atomic mass is 9.85. The molecule has 6 aromatic rings. The molecule has 3 aromatic carbocycles. The third kappa shape index (κ3) is 11.1. The molecule has 4 saturated heterocycles. The summed E-state index contributed by atoms with van der Waals surface area (Å²) in [5.74, 6) is -2.02. The van der Waals surface area contributed by atoms with E-state index in [0.717, 1.165) is 53.9 Å². The summed E-state index contributed by atoms with van der Waals surface area (Å²) in [5, 5.41) is 32.0. The van der Waals surface area contributed by atoms with Gasteiger partial charge in [-0.3, -0.25) is 24.3 Å². The number of thiazole rings is 1. The zero-order valence-corrected chi connectivity index (χ0v) is 43.9. The maximum atomic E-state index is 17.0. The topological polar surface area (TPSA) is 198 Å². The van der Waals surface area contributed by atoms with Crippen molar-refractivity contribution in [3.63, 3.8) is 0 Å². The number of fused-ring (bicyclic) bond motifs is 4. The quantitative estimate of drug-likeness (QED) is 0.0596. The Labute approximate surface area is 439 Å². The Kier molecular flexibility index (Phi) is 15.0. The Morgan fingerprint density at radius 2 is 1.75 bits per heavy atom. The molecule has 3 aromatic heterocycles. The Hall–Kier alpha value is -6.41. The number of carbonyl (C=O) groups excluding carboxylic acids is 3. The van der Waals surface area contributed by atoms with Crippen molar-refractivity contribution in [3.8, 4) is 33.5 Å². The van der Waals surface area contributed by atoms with E-state index in [1.807, 2.05) is 64.4 Å². The minimum absolute atomic E-state index is 0.00938. The second kappa shape index (κ2) is 21.7. The number of aliphatic hydroxyl groups excluding tert-OH is 1. The van der Waals surface area contributed by atoms with Crippen LogP contribution in [0.5, 0.6) is 11.8 Å². The number of nitrogens with one attached hydrogen (secondary N) is 3. The Bertz CT molecular complexity index is 3090. The van der Waals surface area contributed by atoms with E-state index in [9.17, 15) is 24.6 Å². The first kappa shape index (κ1) is 52.0. The number of hydrogen-bond donors (Lipinski definition) is 5. The van der Waals surface area contributed by atoms with E-state index in [1.54, 1.807) is 17.4 Å². The third-order valence-electron chi connectivity index (χ3n) is 15.4. The number of likely N-dealkylation sites (tertiary alicyclic amines) is 2. The number of pyridine rings is 1. The molecule has 3 amide bonds. The fourth-order valence-electron chi connectivity index (χ4n) is 11.4. The molecule has 0 saturated carbocycles. The van der Waals surface area contributed by atoms with Gasteiger partial charge in [-0.1, -0.05) is 57.2 Å². The largest absolute Gasteiger partial charge is 0.508 e. The Balaban J connectivity index is 0.763. The lowest BCUT2D eigenvalue weighted by Crippen LogP contribution is -2.57. The number of aromatic hydroxyl groups is 1. The van der Waals surface area contributed by atoms with Crippen LogP contribution < -0.4 is 25.6 Å². The van der Waals surface area contributed by atoms with Crippen molar-refractivity contribution in [1.29, 1.82) is 0 Å². The van der Waals surface area contributed by atoms with Crippen LogP contribution in [0.15, 0.2) is 66.3 Å². The average molecular weight is 1050 g/mol. The van der Waals surface area contributed by atoms with Crippen molar-refractivity contribution < 1.29 is 38.1 Å². The molecular weight excluding hydrogens is 979 g/mol. The van der Waals surface area contributed by atoms with Gasteiger partial charge in [0.05, 0.1) is 33.6 Å². The summed E-state index contributed by atoms with van der Waals surface area (Å²) in [5.41, 5.74) is 3.98. The highest BCUT2D eigenvalue weighted by molar-refractivity contribution is 7.13. The van der Waals surface area contributed by atoms with Gasteiger partial charge in [0.25, 0.3) is 0 Å². The van der Waals surface area contributed by atoms with E-state index in [-0.39, 0.29) is 95.9 Å². The number of amides is 3. The maximum Gasteiger partial charge on any atom is 0.319 e. The van der Waals surface area contributed by atoms with Gasteiger partial charge in [0.2, 0.25) is 17.7 Å². The fraction of sp³-hybridized carbons (Fsp3) is 0.482. The summed E-state index contributed by atoms with van der Waals surface area (Å²) in [6.07, 6.45) is 6.05. The molecule has 7 atom stereocenters. The number of piperazine rings is 1. The number of β-amino-alcohol motifs (C(OH)–C–C–N with tert-alkyl or cyclic N) is 1. The first-order valence-electron chi connectivity index (χ1n) is 26.2. The summed E-state index contributed by atoms with van der Waals surface area (Å²) in [6, 6.07) is 13.5. The molecule has 10 rings (SSSR count). The van der Waals surface area contributed by atoms with Crippen molar-refractivity contribution in [2.45, 2.75) is 128 Å². The molecule has 4 aliphatic rings. The maximum absolute atomic E-state index is 17.0. The second-order valence-electron chi connectivity index (χ2n) is 21.9. The summed E-state index contributed by atoms with van der Waals surface area (Å²) < 4.78 is 38.7. The van der Waals surface area contributed by atoms with Crippen molar-refractivity contribution >= 4 is 56.6 Å². The van der Waals surface area contributed by atoms with Gasteiger partial charge >= 0.3 is 6.01 Å². The van der Waals surface area contributed by atoms with Gasteiger partial charge in [-0.2, -0.15) is 9.97 Å². The van der Waals surface area contributed by atoms with Gasteiger partial charge < -0.3 is 40.7 Å². The van der Waals surface area contributed by atoms with Crippen molar-refractivity contribution in [2.75, 3.05) is 44.2 Å². The highest BCUT2D eigenvalue weighted by Gasteiger charge is 2.45.